The van der Waals surface area contributed by atoms with Crippen molar-refractivity contribution >= 4 is 28.8 Å². The highest BCUT2D eigenvalue weighted by Gasteiger charge is 2.03. The van der Waals surface area contributed by atoms with E-state index in [1.165, 1.54) is 18.4 Å². The smallest absolute Gasteiger partial charge is 0.305 e. The molecule has 0 spiro atoms. The Bertz CT molecular complexity index is 338. The highest BCUT2D eigenvalue weighted by Crippen LogP contribution is 2.16. The van der Waals surface area contributed by atoms with Gasteiger partial charge >= 0.3 is 5.97 Å². The van der Waals surface area contributed by atoms with Crippen LogP contribution in [0.25, 0.3) is 0 Å². The van der Waals surface area contributed by atoms with Gasteiger partial charge in [-0.3, -0.25) is 9.59 Å². The second kappa shape index (κ2) is 6.13. The fourth-order valence-corrected chi connectivity index (χ4v) is 1.76. The summed E-state index contributed by atoms with van der Waals surface area (Å²) >= 11 is 1.37. The summed E-state index contributed by atoms with van der Waals surface area (Å²) in [5.74, 6) is -0.212. The molecule has 0 radical (unpaired) electrons. The van der Waals surface area contributed by atoms with Crippen LogP contribution >= 0.6 is 11.3 Å². The Morgan fingerprint density at radius 2 is 2.53 bits per heavy atom. The number of nitrogens with zero attached hydrogens (tertiary/aromatic N) is 1. The van der Waals surface area contributed by atoms with Crippen LogP contribution in [-0.2, 0) is 20.7 Å². The van der Waals surface area contributed by atoms with Crippen molar-refractivity contribution in [3.63, 3.8) is 0 Å². The molecule has 0 fully saturated rings. The zero-order valence-electron chi connectivity index (χ0n) is 8.36. The molecule has 15 heavy (non-hydrogen) atoms. The largest absolute Gasteiger partial charge is 0.469 e. The number of rotatable bonds is 6. The second-order valence-corrected chi connectivity index (χ2v) is 3.69. The second-order valence-electron chi connectivity index (χ2n) is 2.84. The molecule has 1 rings (SSSR count). The van der Waals surface area contributed by atoms with Gasteiger partial charge in [-0.2, -0.15) is 0 Å². The molecule has 0 aliphatic heterocycles. The van der Waals surface area contributed by atoms with E-state index >= 15 is 0 Å². The fourth-order valence-electron chi connectivity index (χ4n) is 1.05. The number of methoxy groups -OCH3 is 1. The quantitative estimate of drug-likeness (QED) is 0.587. The zero-order valence-corrected chi connectivity index (χ0v) is 9.17. The number of nitrogens with one attached hydrogen (secondary N) is 1. The number of amides is 1. The van der Waals surface area contributed by atoms with Crippen LogP contribution in [0.3, 0.4) is 0 Å². The molecule has 0 aliphatic rings. The Kier molecular flexibility index (Phi) is 4.76. The Labute approximate surface area is 91.5 Å². The highest BCUT2D eigenvalue weighted by molar-refractivity contribution is 7.13. The number of hydrogen-bond donors (Lipinski definition) is 1. The number of esters is 1. The molecule has 1 aromatic rings. The van der Waals surface area contributed by atoms with Crippen LogP contribution in [0.2, 0.25) is 0 Å². The summed E-state index contributed by atoms with van der Waals surface area (Å²) in [5.41, 5.74) is 0.883. The molecule has 1 aromatic heterocycles. The van der Waals surface area contributed by atoms with Crippen molar-refractivity contribution in [3.8, 4) is 0 Å². The van der Waals surface area contributed by atoms with Gasteiger partial charge in [0.1, 0.15) is 0 Å². The summed E-state index contributed by atoms with van der Waals surface area (Å²) in [6, 6.07) is 0. The summed E-state index contributed by atoms with van der Waals surface area (Å²) in [6.45, 7) is 0. The Hall–Kier alpha value is -1.43. The molecule has 1 heterocycles. The Balaban J connectivity index is 2.31. The fraction of sp³-hybridized carbons (Fsp3) is 0.444. The van der Waals surface area contributed by atoms with Crippen molar-refractivity contribution in [2.24, 2.45) is 0 Å². The maximum atomic E-state index is 10.8. The van der Waals surface area contributed by atoms with Crippen molar-refractivity contribution in [1.82, 2.24) is 4.98 Å². The number of aromatic nitrogens is 1. The average Bonchev–Trinajstić information content (AvgIpc) is 2.66. The number of aryl methyl sites for hydroxylation is 1. The number of thiazole rings is 1. The molecule has 6 heteroatoms. The topological polar surface area (TPSA) is 68.3 Å². The molecule has 82 valence electrons. The molecule has 1 N–H and O–H groups in total. The first-order valence-electron chi connectivity index (χ1n) is 4.47. The number of anilines is 1. The lowest BCUT2D eigenvalue weighted by atomic mass is 10.2. The Morgan fingerprint density at radius 1 is 1.73 bits per heavy atom. The van der Waals surface area contributed by atoms with Gasteiger partial charge in [0, 0.05) is 11.8 Å². The maximum absolute atomic E-state index is 10.8. The van der Waals surface area contributed by atoms with Gasteiger partial charge < -0.3 is 10.1 Å². The predicted octanol–water partition coefficient (Wildman–Crippen LogP) is 1.21. The summed E-state index contributed by atoms with van der Waals surface area (Å²) in [4.78, 5) is 25.1. The van der Waals surface area contributed by atoms with Gasteiger partial charge in [0.2, 0.25) is 6.41 Å². The van der Waals surface area contributed by atoms with E-state index in [4.69, 9.17) is 0 Å². The Morgan fingerprint density at radius 3 is 3.20 bits per heavy atom. The maximum Gasteiger partial charge on any atom is 0.305 e. The number of hydrogen-bond acceptors (Lipinski definition) is 5. The van der Waals surface area contributed by atoms with Gasteiger partial charge in [-0.25, -0.2) is 4.98 Å². The van der Waals surface area contributed by atoms with Crippen LogP contribution in [0.15, 0.2) is 5.38 Å². The van der Waals surface area contributed by atoms with Crippen LogP contribution in [-0.4, -0.2) is 24.5 Å². The van der Waals surface area contributed by atoms with Gasteiger partial charge in [-0.15, -0.1) is 11.3 Å². The monoisotopic (exact) mass is 228 g/mol. The predicted molar refractivity (Wildman–Crippen MR) is 56.8 cm³/mol. The number of ether oxygens (including phenoxy) is 1. The molecule has 5 nitrogen and oxygen atoms in total. The summed E-state index contributed by atoms with van der Waals surface area (Å²) in [6.07, 6.45) is 2.41. The van der Waals surface area contributed by atoms with Gasteiger partial charge in [-0.1, -0.05) is 0 Å². The molecule has 0 unspecified atom stereocenters. The van der Waals surface area contributed by atoms with E-state index in [1.807, 2.05) is 5.38 Å². The molecule has 0 atom stereocenters. The van der Waals surface area contributed by atoms with Gasteiger partial charge in [0.15, 0.2) is 5.13 Å². The van der Waals surface area contributed by atoms with Crippen LogP contribution in [0.5, 0.6) is 0 Å². The van der Waals surface area contributed by atoms with Gasteiger partial charge in [0.25, 0.3) is 0 Å². The highest BCUT2D eigenvalue weighted by atomic mass is 32.1. The lowest BCUT2D eigenvalue weighted by Crippen LogP contribution is -2.00. The minimum Gasteiger partial charge on any atom is -0.469 e. The first-order valence-corrected chi connectivity index (χ1v) is 5.35. The van der Waals surface area contributed by atoms with Crippen LogP contribution in [0.1, 0.15) is 18.5 Å². The molecular formula is C9H12N2O3S. The molecule has 0 saturated carbocycles. The number of carbonyl (C=O) groups is 2. The van der Waals surface area contributed by atoms with Gasteiger partial charge in [-0.05, 0) is 12.8 Å². The summed E-state index contributed by atoms with van der Waals surface area (Å²) < 4.78 is 4.52. The summed E-state index contributed by atoms with van der Waals surface area (Å²) in [5, 5.41) is 4.92. The average molecular weight is 228 g/mol. The van der Waals surface area contributed by atoms with Crippen molar-refractivity contribution in [1.29, 1.82) is 0 Å². The lowest BCUT2D eigenvalue weighted by molar-refractivity contribution is -0.140. The SMILES string of the molecule is COC(=O)CCCc1csc(NC=O)n1. The first-order chi connectivity index (χ1) is 7.26. The van der Waals surface area contributed by atoms with E-state index < -0.39 is 0 Å². The van der Waals surface area contributed by atoms with Crippen molar-refractivity contribution in [2.45, 2.75) is 19.3 Å². The third-order valence-corrected chi connectivity index (χ3v) is 2.60. The molecule has 0 bridgehead atoms. The third kappa shape index (κ3) is 4.07. The first kappa shape index (κ1) is 11.6. The minimum absolute atomic E-state index is 0.212. The van der Waals surface area contributed by atoms with Crippen molar-refractivity contribution in [2.75, 3.05) is 12.4 Å². The van der Waals surface area contributed by atoms with E-state index in [0.717, 1.165) is 5.69 Å². The van der Waals surface area contributed by atoms with E-state index in [-0.39, 0.29) is 5.97 Å². The third-order valence-electron chi connectivity index (χ3n) is 1.78. The van der Waals surface area contributed by atoms with E-state index in [9.17, 15) is 9.59 Å². The van der Waals surface area contributed by atoms with Crippen LogP contribution in [0.4, 0.5) is 5.13 Å². The molecular weight excluding hydrogens is 216 g/mol. The van der Waals surface area contributed by atoms with Crippen LogP contribution < -0.4 is 5.32 Å². The molecule has 0 aromatic carbocycles. The standard InChI is InChI=1S/C9H12N2O3S/c1-14-8(13)4-2-3-7-5-15-9(11-7)10-6-12/h5-6H,2-4H2,1H3,(H,10,11,12). The van der Waals surface area contributed by atoms with Gasteiger partial charge in [0.05, 0.1) is 12.8 Å². The number of carbonyl (C=O) groups excluding carboxylic acids is 2. The molecule has 0 saturated heterocycles. The van der Waals surface area contributed by atoms with E-state index in [1.54, 1.807) is 0 Å². The molecule has 0 aliphatic carbocycles. The lowest BCUT2D eigenvalue weighted by Gasteiger charge is -1.97. The minimum atomic E-state index is -0.212. The van der Waals surface area contributed by atoms with Crippen molar-refractivity contribution in [3.05, 3.63) is 11.1 Å². The van der Waals surface area contributed by atoms with Crippen molar-refractivity contribution < 1.29 is 14.3 Å². The van der Waals surface area contributed by atoms with Crippen LogP contribution in [0, 0.1) is 0 Å². The zero-order chi connectivity index (χ0) is 11.1. The van der Waals surface area contributed by atoms with E-state index in [0.29, 0.717) is 30.8 Å². The molecule has 1 amide bonds. The van der Waals surface area contributed by atoms with E-state index in [2.05, 4.69) is 15.0 Å². The summed E-state index contributed by atoms with van der Waals surface area (Å²) in [7, 11) is 1.37. The normalized spacial score (nSPS) is 9.67.